The number of anilines is 1. The van der Waals surface area contributed by atoms with Crippen LogP contribution in [0.3, 0.4) is 0 Å². The molecule has 1 aliphatic rings. The van der Waals surface area contributed by atoms with Crippen molar-refractivity contribution in [3.05, 3.63) is 29.3 Å². The highest BCUT2D eigenvalue weighted by Gasteiger charge is 2.18. The van der Waals surface area contributed by atoms with Gasteiger partial charge in [0.05, 0.1) is 6.61 Å². The molecule has 0 saturated carbocycles. The molecule has 1 aromatic rings. The normalized spacial score (nSPS) is 15.8. The fourth-order valence-electron chi connectivity index (χ4n) is 1.79. The molecule has 1 heterocycles. The van der Waals surface area contributed by atoms with Crippen molar-refractivity contribution >= 4 is 11.8 Å². The molecule has 0 bridgehead atoms. The zero-order valence-electron chi connectivity index (χ0n) is 9.96. The lowest BCUT2D eigenvalue weighted by atomic mass is 9.85. The van der Waals surface area contributed by atoms with Crippen LogP contribution in [0.5, 0.6) is 0 Å². The maximum atomic E-state index is 11.2. The molecule has 0 aliphatic carbocycles. The highest BCUT2D eigenvalue weighted by molar-refractivity contribution is 5.86. The van der Waals surface area contributed by atoms with Crippen molar-refractivity contribution in [2.75, 3.05) is 11.9 Å². The van der Waals surface area contributed by atoms with E-state index in [4.69, 9.17) is 4.74 Å². The molecule has 0 radical (unpaired) electrons. The molecule has 16 heavy (non-hydrogen) atoms. The Morgan fingerprint density at radius 1 is 1.31 bits per heavy atom. The Balaban J connectivity index is 2.39. The molecule has 1 aromatic carbocycles. The molecule has 2 rings (SSSR count). The van der Waals surface area contributed by atoms with Crippen molar-refractivity contribution < 1.29 is 9.53 Å². The van der Waals surface area contributed by atoms with Crippen molar-refractivity contribution in [3.8, 4) is 0 Å². The maximum absolute atomic E-state index is 11.2. The van der Waals surface area contributed by atoms with Crippen molar-refractivity contribution in [2.45, 2.75) is 32.6 Å². The fourth-order valence-corrected chi connectivity index (χ4v) is 1.79. The van der Waals surface area contributed by atoms with Gasteiger partial charge in [-0.2, -0.15) is 0 Å². The largest absolute Gasteiger partial charge is 0.449 e. The predicted molar refractivity (Wildman–Crippen MR) is 63.8 cm³/mol. The summed E-state index contributed by atoms with van der Waals surface area (Å²) in [5, 5.41) is 2.74. The third-order valence-corrected chi connectivity index (χ3v) is 2.81. The zero-order valence-corrected chi connectivity index (χ0v) is 9.96. The minimum absolute atomic E-state index is 0.131. The fraction of sp³-hybridized carbons (Fsp3) is 0.462. The monoisotopic (exact) mass is 219 g/mol. The average molecular weight is 219 g/mol. The van der Waals surface area contributed by atoms with Crippen molar-refractivity contribution in [1.82, 2.24) is 0 Å². The van der Waals surface area contributed by atoms with Crippen LogP contribution in [0.4, 0.5) is 10.5 Å². The van der Waals surface area contributed by atoms with Crippen LogP contribution in [0.1, 0.15) is 31.9 Å². The number of nitrogens with one attached hydrogen (secondary N) is 1. The summed E-state index contributed by atoms with van der Waals surface area (Å²) in [6.45, 7) is 6.99. The van der Waals surface area contributed by atoms with Crippen LogP contribution in [-0.2, 0) is 16.6 Å². The standard InChI is InChI=1S/C13H17NO2/c1-13(2,3)10-4-5-11-9(8-10)6-7-16-12(15)14-11/h4-5,8H,6-7H2,1-3H3,(H,14,15). The summed E-state index contributed by atoms with van der Waals surface area (Å²) in [7, 11) is 0. The van der Waals surface area contributed by atoms with Crippen LogP contribution in [-0.4, -0.2) is 12.7 Å². The van der Waals surface area contributed by atoms with Gasteiger partial charge in [-0.05, 0) is 22.6 Å². The smallest absolute Gasteiger partial charge is 0.411 e. The summed E-state index contributed by atoms with van der Waals surface area (Å²) < 4.78 is 4.96. The number of carbonyl (C=O) groups is 1. The minimum Gasteiger partial charge on any atom is -0.449 e. The predicted octanol–water partition coefficient (Wildman–Crippen LogP) is 3.09. The Bertz CT molecular complexity index is 418. The molecular formula is C13H17NO2. The summed E-state index contributed by atoms with van der Waals surface area (Å²) in [5.74, 6) is 0. The van der Waals surface area contributed by atoms with Crippen molar-refractivity contribution in [2.24, 2.45) is 0 Å². The number of rotatable bonds is 0. The number of cyclic esters (lactones) is 1. The number of ether oxygens (including phenoxy) is 1. The molecule has 1 aliphatic heterocycles. The lowest BCUT2D eigenvalue weighted by Gasteiger charge is -2.20. The molecule has 1 amide bonds. The van der Waals surface area contributed by atoms with E-state index in [2.05, 4.69) is 38.2 Å². The molecule has 0 fully saturated rings. The Morgan fingerprint density at radius 3 is 2.75 bits per heavy atom. The Labute approximate surface area is 95.8 Å². The number of fused-ring (bicyclic) bond motifs is 1. The number of carbonyl (C=O) groups excluding carboxylic acids is 1. The topological polar surface area (TPSA) is 38.3 Å². The second-order valence-electron chi connectivity index (χ2n) is 5.13. The van der Waals surface area contributed by atoms with E-state index in [0.29, 0.717) is 6.61 Å². The molecule has 0 spiro atoms. The number of amides is 1. The van der Waals surface area contributed by atoms with Gasteiger partial charge in [0, 0.05) is 12.1 Å². The van der Waals surface area contributed by atoms with Crippen molar-refractivity contribution in [1.29, 1.82) is 0 Å². The number of hydrogen-bond acceptors (Lipinski definition) is 2. The molecule has 0 unspecified atom stereocenters. The van der Waals surface area contributed by atoms with Gasteiger partial charge in [0.2, 0.25) is 0 Å². The summed E-state index contributed by atoms with van der Waals surface area (Å²) >= 11 is 0. The van der Waals surface area contributed by atoms with Gasteiger partial charge in [0.15, 0.2) is 0 Å². The first-order valence-electron chi connectivity index (χ1n) is 5.54. The lowest BCUT2D eigenvalue weighted by molar-refractivity contribution is 0.165. The quantitative estimate of drug-likeness (QED) is 0.728. The van der Waals surface area contributed by atoms with E-state index in [0.717, 1.165) is 17.7 Å². The first kappa shape index (κ1) is 11.0. The van der Waals surface area contributed by atoms with Gasteiger partial charge in [0.25, 0.3) is 0 Å². The molecular weight excluding hydrogens is 202 g/mol. The third kappa shape index (κ3) is 2.18. The number of benzene rings is 1. The van der Waals surface area contributed by atoms with Crippen LogP contribution in [0.2, 0.25) is 0 Å². The second kappa shape index (κ2) is 3.81. The van der Waals surface area contributed by atoms with Crippen LogP contribution in [0.25, 0.3) is 0 Å². The average Bonchev–Trinajstić information content (AvgIpc) is 2.35. The molecule has 0 aromatic heterocycles. The lowest BCUT2D eigenvalue weighted by Crippen LogP contribution is -2.13. The van der Waals surface area contributed by atoms with Gasteiger partial charge < -0.3 is 4.74 Å². The van der Waals surface area contributed by atoms with Crippen LogP contribution in [0.15, 0.2) is 18.2 Å². The van der Waals surface area contributed by atoms with Crippen LogP contribution in [0, 0.1) is 0 Å². The minimum atomic E-state index is -0.359. The molecule has 1 N–H and O–H groups in total. The Kier molecular flexibility index (Phi) is 2.62. The first-order valence-corrected chi connectivity index (χ1v) is 5.54. The maximum Gasteiger partial charge on any atom is 0.411 e. The molecule has 86 valence electrons. The summed E-state index contributed by atoms with van der Waals surface area (Å²) in [6, 6.07) is 6.18. The highest BCUT2D eigenvalue weighted by Crippen LogP contribution is 2.28. The summed E-state index contributed by atoms with van der Waals surface area (Å²) in [4.78, 5) is 11.2. The van der Waals surface area contributed by atoms with E-state index in [1.165, 1.54) is 5.56 Å². The summed E-state index contributed by atoms with van der Waals surface area (Å²) in [5.41, 5.74) is 3.43. The zero-order chi connectivity index (χ0) is 11.8. The van der Waals surface area contributed by atoms with Gasteiger partial charge in [-0.1, -0.05) is 32.9 Å². The Hall–Kier alpha value is -1.51. The van der Waals surface area contributed by atoms with Crippen molar-refractivity contribution in [3.63, 3.8) is 0 Å². The second-order valence-corrected chi connectivity index (χ2v) is 5.13. The van der Waals surface area contributed by atoms with Crippen LogP contribution < -0.4 is 5.32 Å². The Morgan fingerprint density at radius 2 is 2.06 bits per heavy atom. The van der Waals surface area contributed by atoms with E-state index >= 15 is 0 Å². The van der Waals surface area contributed by atoms with Gasteiger partial charge in [-0.25, -0.2) is 4.79 Å². The highest BCUT2D eigenvalue weighted by atomic mass is 16.5. The van der Waals surface area contributed by atoms with Gasteiger partial charge in [0.1, 0.15) is 0 Å². The summed E-state index contributed by atoms with van der Waals surface area (Å²) in [6.07, 6.45) is 0.417. The molecule has 3 nitrogen and oxygen atoms in total. The van der Waals surface area contributed by atoms with Gasteiger partial charge >= 0.3 is 6.09 Å². The van der Waals surface area contributed by atoms with E-state index in [9.17, 15) is 4.79 Å². The van der Waals surface area contributed by atoms with Gasteiger partial charge in [-0.15, -0.1) is 0 Å². The van der Waals surface area contributed by atoms with E-state index < -0.39 is 0 Å². The molecule has 0 atom stereocenters. The van der Waals surface area contributed by atoms with Gasteiger partial charge in [-0.3, -0.25) is 5.32 Å². The van der Waals surface area contributed by atoms with E-state index in [-0.39, 0.29) is 11.5 Å². The van der Waals surface area contributed by atoms with E-state index in [1.54, 1.807) is 0 Å². The molecule has 0 saturated heterocycles. The first-order chi connectivity index (χ1) is 7.47. The third-order valence-electron chi connectivity index (χ3n) is 2.81. The SMILES string of the molecule is CC(C)(C)c1ccc2c(c1)CCOC(=O)N2. The number of hydrogen-bond donors (Lipinski definition) is 1. The van der Waals surface area contributed by atoms with E-state index in [1.807, 2.05) is 6.07 Å². The van der Waals surface area contributed by atoms with Crippen LogP contribution >= 0.6 is 0 Å². The molecule has 3 heteroatoms.